The van der Waals surface area contributed by atoms with Crippen molar-refractivity contribution in [1.29, 1.82) is 0 Å². The quantitative estimate of drug-likeness (QED) is 0.680. The molecule has 0 saturated carbocycles. The lowest BCUT2D eigenvalue weighted by atomic mass is 9.96. The number of fused-ring (bicyclic) bond motifs is 1. The van der Waals surface area contributed by atoms with E-state index >= 15 is 0 Å². The highest BCUT2D eigenvalue weighted by molar-refractivity contribution is 7.67. The summed E-state index contributed by atoms with van der Waals surface area (Å²) < 4.78 is 17.9. The minimum Gasteiger partial charge on any atom is -0.310 e. The molecule has 1 amide bonds. The Hall–Kier alpha value is -1.45. The molecule has 1 aromatic carbocycles. The first kappa shape index (κ1) is 14.0. The molecule has 2 rings (SSSR count). The van der Waals surface area contributed by atoms with E-state index in [0.29, 0.717) is 22.0 Å². The normalized spacial score (nSPS) is 21.2. The predicted molar refractivity (Wildman–Crippen MR) is 72.3 cm³/mol. The molecule has 5 nitrogen and oxygen atoms in total. The maximum Gasteiger partial charge on any atom is 0.327 e. The van der Waals surface area contributed by atoms with Crippen LogP contribution in [0.4, 0.5) is 0 Å². The first-order valence-corrected chi connectivity index (χ1v) is 7.67. The van der Waals surface area contributed by atoms with E-state index in [0.717, 1.165) is 0 Å². The van der Waals surface area contributed by atoms with Gasteiger partial charge < -0.3 is 4.52 Å². The lowest BCUT2D eigenvalue weighted by molar-refractivity contribution is 0.0961. The molecule has 1 unspecified atom stereocenters. The molecule has 0 aliphatic carbocycles. The van der Waals surface area contributed by atoms with Crippen molar-refractivity contribution in [1.82, 2.24) is 5.09 Å². The lowest BCUT2D eigenvalue weighted by Crippen LogP contribution is -2.17. The van der Waals surface area contributed by atoms with Crippen molar-refractivity contribution in [3.63, 3.8) is 0 Å². The number of carbonyl (C=O) groups is 2. The van der Waals surface area contributed by atoms with Crippen molar-refractivity contribution in [2.75, 3.05) is 6.61 Å². The van der Waals surface area contributed by atoms with Crippen molar-refractivity contribution in [2.45, 2.75) is 27.7 Å². The van der Waals surface area contributed by atoms with Gasteiger partial charge in [0.2, 0.25) is 0 Å². The van der Waals surface area contributed by atoms with Gasteiger partial charge in [-0.25, -0.2) is 0 Å². The van der Waals surface area contributed by atoms with Crippen molar-refractivity contribution in [3.8, 4) is 0 Å². The van der Waals surface area contributed by atoms with Gasteiger partial charge in [0.25, 0.3) is 5.91 Å². The molecule has 1 aliphatic heterocycles. The number of Topliss-reactive ketones (excluding diaryl/α,β-unsaturated/α-hetero) is 1. The summed E-state index contributed by atoms with van der Waals surface area (Å²) >= 11 is 0. The van der Waals surface area contributed by atoms with Gasteiger partial charge in [0.1, 0.15) is 0 Å². The second kappa shape index (κ2) is 4.58. The van der Waals surface area contributed by atoms with Gasteiger partial charge >= 0.3 is 7.52 Å². The molecule has 6 heteroatoms. The molecule has 0 spiro atoms. The maximum absolute atomic E-state index is 12.7. The molecule has 0 fully saturated rings. The van der Waals surface area contributed by atoms with Gasteiger partial charge in [-0.2, -0.15) is 0 Å². The number of rotatable bonds is 3. The Morgan fingerprint density at radius 2 is 2.00 bits per heavy atom. The van der Waals surface area contributed by atoms with E-state index in [-0.39, 0.29) is 18.0 Å². The van der Waals surface area contributed by atoms with Crippen LogP contribution in [0, 0.1) is 13.8 Å². The van der Waals surface area contributed by atoms with E-state index in [9.17, 15) is 14.2 Å². The molecular weight excluding hydrogens is 265 g/mol. The average molecular weight is 281 g/mol. The Bertz CT molecular complexity index is 636. The zero-order chi connectivity index (χ0) is 14.4. The second-order valence-corrected chi connectivity index (χ2v) is 6.61. The van der Waals surface area contributed by atoms with Crippen LogP contribution >= 0.6 is 7.52 Å². The summed E-state index contributed by atoms with van der Waals surface area (Å²) in [4.78, 5) is 23.8. The zero-order valence-corrected chi connectivity index (χ0v) is 12.3. The van der Waals surface area contributed by atoms with Crippen molar-refractivity contribution in [3.05, 3.63) is 28.3 Å². The SMILES string of the molecule is CCOP1(=O)NC(=O)c2c(C(C)=O)c(C)cc(C)c21. The molecule has 1 aromatic rings. The summed E-state index contributed by atoms with van der Waals surface area (Å²) in [5.74, 6) is -0.711. The summed E-state index contributed by atoms with van der Waals surface area (Å²) in [5, 5.41) is 2.74. The first-order chi connectivity index (χ1) is 8.81. The molecule has 0 bridgehead atoms. The summed E-state index contributed by atoms with van der Waals surface area (Å²) in [6.45, 7) is 6.86. The highest BCUT2D eigenvalue weighted by atomic mass is 31.2. The number of benzene rings is 1. The summed E-state index contributed by atoms with van der Waals surface area (Å²) in [6, 6.07) is 1.77. The fraction of sp³-hybridized carbons (Fsp3) is 0.385. The molecular formula is C13H16NO4P. The van der Waals surface area contributed by atoms with Gasteiger partial charge in [-0.1, -0.05) is 6.07 Å². The third-order valence-corrected chi connectivity index (χ3v) is 5.41. The molecule has 1 heterocycles. The van der Waals surface area contributed by atoms with E-state index in [1.54, 1.807) is 26.8 Å². The molecule has 1 aliphatic rings. The van der Waals surface area contributed by atoms with Gasteiger partial charge in [-0.15, -0.1) is 0 Å². The highest BCUT2D eigenvalue weighted by Gasteiger charge is 2.43. The van der Waals surface area contributed by atoms with E-state index in [1.165, 1.54) is 6.92 Å². The Morgan fingerprint density at radius 3 is 2.53 bits per heavy atom. The van der Waals surface area contributed by atoms with Crippen LogP contribution < -0.4 is 10.4 Å². The van der Waals surface area contributed by atoms with Gasteiger partial charge in [0.15, 0.2) is 5.78 Å². The van der Waals surface area contributed by atoms with E-state index in [2.05, 4.69) is 5.09 Å². The number of carbonyl (C=O) groups excluding carboxylic acids is 2. The molecule has 1 atom stereocenters. The smallest absolute Gasteiger partial charge is 0.310 e. The minimum atomic E-state index is -3.39. The third kappa shape index (κ3) is 2.03. The average Bonchev–Trinajstić information content (AvgIpc) is 2.51. The van der Waals surface area contributed by atoms with Crippen LogP contribution in [0.2, 0.25) is 0 Å². The highest BCUT2D eigenvalue weighted by Crippen LogP contribution is 2.48. The third-order valence-electron chi connectivity index (χ3n) is 3.12. The Balaban J connectivity index is 2.83. The van der Waals surface area contributed by atoms with Crippen LogP contribution in [-0.2, 0) is 9.09 Å². The van der Waals surface area contributed by atoms with Crippen LogP contribution in [0.1, 0.15) is 45.7 Å². The molecule has 1 N–H and O–H groups in total. The maximum atomic E-state index is 12.7. The Morgan fingerprint density at radius 1 is 1.37 bits per heavy atom. The van der Waals surface area contributed by atoms with Crippen LogP contribution in [0.5, 0.6) is 0 Å². The van der Waals surface area contributed by atoms with Gasteiger partial charge in [-0.05, 0) is 38.8 Å². The van der Waals surface area contributed by atoms with Crippen molar-refractivity contribution < 1.29 is 18.7 Å². The molecule has 19 heavy (non-hydrogen) atoms. The van der Waals surface area contributed by atoms with Gasteiger partial charge in [-0.3, -0.25) is 19.2 Å². The van der Waals surface area contributed by atoms with E-state index in [1.807, 2.05) is 0 Å². The molecule has 0 aromatic heterocycles. The number of hydrogen-bond acceptors (Lipinski definition) is 4. The largest absolute Gasteiger partial charge is 0.327 e. The van der Waals surface area contributed by atoms with Crippen molar-refractivity contribution in [2.24, 2.45) is 0 Å². The minimum absolute atomic E-state index is 0.210. The standard InChI is InChI=1S/C13H16NO4P/c1-5-18-19(17)12-8(3)6-7(2)10(9(4)15)11(12)13(16)14-19/h6H,5H2,1-4H3,(H,14,16,17). The second-order valence-electron chi connectivity index (χ2n) is 4.58. The topological polar surface area (TPSA) is 72.5 Å². The van der Waals surface area contributed by atoms with E-state index in [4.69, 9.17) is 4.52 Å². The number of ketones is 1. The fourth-order valence-corrected chi connectivity index (χ4v) is 4.64. The summed E-state index contributed by atoms with van der Waals surface area (Å²) in [6.07, 6.45) is 0. The molecule has 102 valence electrons. The number of aryl methyl sites for hydroxylation is 2. The fourth-order valence-electron chi connectivity index (χ4n) is 2.56. The lowest BCUT2D eigenvalue weighted by Gasteiger charge is -2.15. The van der Waals surface area contributed by atoms with Crippen LogP contribution in [-0.4, -0.2) is 18.3 Å². The summed E-state index contributed by atoms with van der Waals surface area (Å²) in [5.41, 5.74) is 1.95. The van der Waals surface area contributed by atoms with Crippen LogP contribution in [0.3, 0.4) is 0 Å². The number of nitrogens with one attached hydrogen (secondary N) is 1. The van der Waals surface area contributed by atoms with E-state index < -0.39 is 13.4 Å². The predicted octanol–water partition coefficient (Wildman–Crippen LogP) is 2.10. The number of hydrogen-bond donors (Lipinski definition) is 1. The Kier molecular flexibility index (Phi) is 3.37. The monoisotopic (exact) mass is 281 g/mol. The summed E-state index contributed by atoms with van der Waals surface area (Å²) in [7, 11) is -3.39. The Labute approximate surface area is 111 Å². The van der Waals surface area contributed by atoms with Crippen LogP contribution in [0.25, 0.3) is 0 Å². The van der Waals surface area contributed by atoms with Crippen LogP contribution in [0.15, 0.2) is 6.07 Å². The molecule has 0 saturated heterocycles. The zero-order valence-electron chi connectivity index (χ0n) is 11.4. The number of amides is 1. The van der Waals surface area contributed by atoms with Gasteiger partial charge in [0.05, 0.1) is 17.5 Å². The van der Waals surface area contributed by atoms with Crippen molar-refractivity contribution >= 4 is 24.5 Å². The first-order valence-electron chi connectivity index (χ1n) is 6.04. The van der Waals surface area contributed by atoms with Gasteiger partial charge in [0, 0.05) is 5.56 Å². The molecule has 0 radical (unpaired) electrons.